The average molecular weight is 517 g/mol. The van der Waals surface area contributed by atoms with Crippen molar-refractivity contribution in [3.63, 3.8) is 0 Å². The van der Waals surface area contributed by atoms with Crippen molar-refractivity contribution in [1.82, 2.24) is 9.55 Å². The maximum atomic E-state index is 13.5. The van der Waals surface area contributed by atoms with E-state index in [0.717, 1.165) is 11.1 Å². The lowest BCUT2D eigenvalue weighted by molar-refractivity contribution is 0.306. The van der Waals surface area contributed by atoms with E-state index in [1.807, 2.05) is 42.5 Å². The van der Waals surface area contributed by atoms with Gasteiger partial charge in [0.2, 0.25) is 0 Å². The van der Waals surface area contributed by atoms with Gasteiger partial charge >= 0.3 is 0 Å². The highest BCUT2D eigenvalue weighted by Crippen LogP contribution is 2.24. The molecule has 1 aromatic heterocycles. The van der Waals surface area contributed by atoms with Crippen LogP contribution >= 0.6 is 23.2 Å². The summed E-state index contributed by atoms with van der Waals surface area (Å²) in [4.78, 5) is 18.0. The van der Waals surface area contributed by atoms with Crippen LogP contribution in [0.25, 0.3) is 28.7 Å². The lowest BCUT2D eigenvalue weighted by Gasteiger charge is -2.11. The molecule has 0 aliphatic rings. The van der Waals surface area contributed by atoms with Gasteiger partial charge in [-0.1, -0.05) is 59.6 Å². The SMILES string of the molecule is O=c1c2ccccc2nc(/C=C/c2ccc(OCc3ccc(Cl)c(Cl)c3)cc2)n1-c1ccc(F)cc1. The van der Waals surface area contributed by atoms with E-state index in [1.165, 1.54) is 16.7 Å². The molecule has 0 saturated carbocycles. The third kappa shape index (κ3) is 5.18. The number of benzene rings is 4. The Morgan fingerprint density at radius 1 is 0.861 bits per heavy atom. The first kappa shape index (κ1) is 23.8. The molecule has 0 spiro atoms. The summed E-state index contributed by atoms with van der Waals surface area (Å²) in [5.74, 6) is 0.759. The molecule has 1 heterocycles. The molecule has 7 heteroatoms. The quantitative estimate of drug-likeness (QED) is 0.233. The van der Waals surface area contributed by atoms with Crippen LogP contribution in [0, 0.1) is 5.82 Å². The fraction of sp³-hybridized carbons (Fsp3) is 0.0345. The number of ether oxygens (including phenoxy) is 1. The van der Waals surface area contributed by atoms with Gasteiger partial charge in [0.15, 0.2) is 0 Å². The Morgan fingerprint density at radius 3 is 2.36 bits per heavy atom. The Balaban J connectivity index is 1.41. The highest BCUT2D eigenvalue weighted by molar-refractivity contribution is 6.42. The maximum Gasteiger partial charge on any atom is 0.266 e. The third-order valence-corrected chi connectivity index (χ3v) is 6.32. The van der Waals surface area contributed by atoms with Crippen LogP contribution in [0.4, 0.5) is 4.39 Å². The van der Waals surface area contributed by atoms with Crippen LogP contribution in [0.2, 0.25) is 10.0 Å². The van der Waals surface area contributed by atoms with Crippen LogP contribution in [0.3, 0.4) is 0 Å². The summed E-state index contributed by atoms with van der Waals surface area (Å²) in [6.07, 6.45) is 3.63. The molecule has 0 saturated heterocycles. The number of nitrogens with zero attached hydrogens (tertiary/aromatic N) is 2. The summed E-state index contributed by atoms with van der Waals surface area (Å²) >= 11 is 12.0. The van der Waals surface area contributed by atoms with Crippen LogP contribution in [0.15, 0.2) is 95.8 Å². The van der Waals surface area contributed by atoms with E-state index in [4.69, 9.17) is 27.9 Å². The van der Waals surface area contributed by atoms with Gasteiger partial charge in [-0.3, -0.25) is 9.36 Å². The van der Waals surface area contributed by atoms with Crippen LogP contribution in [0.5, 0.6) is 5.75 Å². The van der Waals surface area contributed by atoms with Gasteiger partial charge in [-0.25, -0.2) is 9.37 Å². The minimum absolute atomic E-state index is 0.224. The number of aromatic nitrogens is 2. The molecule has 0 bridgehead atoms. The zero-order valence-corrected chi connectivity index (χ0v) is 20.4. The Kier molecular flexibility index (Phi) is 6.85. The zero-order chi connectivity index (χ0) is 25.1. The summed E-state index contributed by atoms with van der Waals surface area (Å²) in [7, 11) is 0. The van der Waals surface area contributed by atoms with E-state index in [-0.39, 0.29) is 11.4 Å². The van der Waals surface area contributed by atoms with Crippen LogP contribution in [-0.4, -0.2) is 9.55 Å². The highest BCUT2D eigenvalue weighted by Gasteiger charge is 2.11. The summed E-state index contributed by atoms with van der Waals surface area (Å²) in [5.41, 5.74) is 2.70. The molecule has 0 atom stereocenters. The van der Waals surface area contributed by atoms with Crippen LogP contribution in [-0.2, 0) is 6.61 Å². The summed E-state index contributed by atoms with van der Waals surface area (Å²) in [6.45, 7) is 0.358. The van der Waals surface area contributed by atoms with E-state index in [0.29, 0.717) is 44.8 Å². The number of halogens is 3. The normalized spacial score (nSPS) is 11.3. The van der Waals surface area contributed by atoms with Gasteiger partial charge in [-0.2, -0.15) is 0 Å². The molecule has 0 aliphatic carbocycles. The van der Waals surface area contributed by atoms with Crippen LogP contribution in [0.1, 0.15) is 17.0 Å². The predicted octanol–water partition coefficient (Wildman–Crippen LogP) is 7.58. The molecular formula is C29H19Cl2FN2O2. The fourth-order valence-electron chi connectivity index (χ4n) is 3.74. The standard InChI is InChI=1S/C29H19Cl2FN2O2/c30-25-15-7-20(17-26(25)31)18-36-23-13-5-19(6-14-23)8-16-28-33-27-4-2-1-3-24(27)29(35)34(28)22-11-9-21(32)10-12-22/h1-17H,18H2/b16-8+. The minimum atomic E-state index is -0.376. The monoisotopic (exact) mass is 516 g/mol. The predicted molar refractivity (Wildman–Crippen MR) is 143 cm³/mol. The van der Waals surface area contributed by atoms with E-state index < -0.39 is 0 Å². The second kappa shape index (κ2) is 10.4. The van der Waals surface area contributed by atoms with Gasteiger partial charge in [0.05, 0.1) is 26.6 Å². The summed E-state index contributed by atoms with van der Waals surface area (Å²) < 4.78 is 20.8. The molecule has 0 N–H and O–H groups in total. The van der Waals surface area contributed by atoms with Gasteiger partial charge < -0.3 is 4.74 Å². The fourth-order valence-corrected chi connectivity index (χ4v) is 4.06. The highest BCUT2D eigenvalue weighted by atomic mass is 35.5. The zero-order valence-electron chi connectivity index (χ0n) is 18.9. The Morgan fingerprint density at radius 2 is 1.61 bits per heavy atom. The third-order valence-electron chi connectivity index (χ3n) is 5.58. The lowest BCUT2D eigenvalue weighted by Crippen LogP contribution is -2.22. The van der Waals surface area contributed by atoms with Crippen molar-refractivity contribution >= 4 is 46.3 Å². The lowest BCUT2D eigenvalue weighted by atomic mass is 10.2. The van der Waals surface area contributed by atoms with Gasteiger partial charge in [-0.15, -0.1) is 0 Å². The van der Waals surface area contributed by atoms with Crippen molar-refractivity contribution < 1.29 is 9.13 Å². The van der Waals surface area contributed by atoms with Crippen molar-refractivity contribution in [2.24, 2.45) is 0 Å². The summed E-state index contributed by atoms with van der Waals surface area (Å²) in [6, 6.07) is 25.8. The second-order valence-corrected chi connectivity index (χ2v) is 8.86. The van der Waals surface area contributed by atoms with Crippen molar-refractivity contribution in [3.05, 3.63) is 134 Å². The van der Waals surface area contributed by atoms with Crippen molar-refractivity contribution in [1.29, 1.82) is 0 Å². The number of rotatable bonds is 6. The minimum Gasteiger partial charge on any atom is -0.489 e. The average Bonchev–Trinajstić information content (AvgIpc) is 2.90. The first-order chi connectivity index (χ1) is 17.5. The maximum absolute atomic E-state index is 13.5. The molecule has 0 fully saturated rings. The van der Waals surface area contributed by atoms with Gasteiger partial charge in [0, 0.05) is 0 Å². The molecule has 36 heavy (non-hydrogen) atoms. The van der Waals surface area contributed by atoms with E-state index in [2.05, 4.69) is 4.98 Å². The summed E-state index contributed by atoms with van der Waals surface area (Å²) in [5, 5.41) is 1.48. The Bertz CT molecular complexity index is 1630. The Labute approximate surface area is 216 Å². The molecule has 0 unspecified atom stereocenters. The molecular weight excluding hydrogens is 498 g/mol. The number of para-hydroxylation sites is 1. The molecule has 4 aromatic carbocycles. The van der Waals surface area contributed by atoms with Crippen molar-refractivity contribution in [2.75, 3.05) is 0 Å². The second-order valence-electron chi connectivity index (χ2n) is 8.04. The smallest absolute Gasteiger partial charge is 0.266 e. The van der Waals surface area contributed by atoms with Gasteiger partial charge in [-0.05, 0) is 77.9 Å². The van der Waals surface area contributed by atoms with E-state index in [1.54, 1.807) is 48.5 Å². The molecule has 4 nitrogen and oxygen atoms in total. The molecule has 5 rings (SSSR count). The Hall–Kier alpha value is -3.93. The van der Waals surface area contributed by atoms with E-state index >= 15 is 0 Å². The largest absolute Gasteiger partial charge is 0.489 e. The van der Waals surface area contributed by atoms with Gasteiger partial charge in [0.1, 0.15) is 24.0 Å². The van der Waals surface area contributed by atoms with Crippen molar-refractivity contribution in [2.45, 2.75) is 6.61 Å². The number of fused-ring (bicyclic) bond motifs is 1. The van der Waals surface area contributed by atoms with E-state index in [9.17, 15) is 9.18 Å². The first-order valence-corrected chi connectivity index (χ1v) is 11.9. The van der Waals surface area contributed by atoms with Crippen LogP contribution < -0.4 is 10.3 Å². The van der Waals surface area contributed by atoms with Gasteiger partial charge in [0.25, 0.3) is 5.56 Å². The molecule has 178 valence electrons. The molecule has 0 radical (unpaired) electrons. The first-order valence-electron chi connectivity index (χ1n) is 11.1. The number of hydrogen-bond donors (Lipinski definition) is 0. The topological polar surface area (TPSA) is 44.1 Å². The number of hydrogen-bond acceptors (Lipinski definition) is 3. The van der Waals surface area contributed by atoms with Crippen molar-refractivity contribution in [3.8, 4) is 11.4 Å². The molecule has 5 aromatic rings. The molecule has 0 amide bonds. The molecule has 0 aliphatic heterocycles.